The summed E-state index contributed by atoms with van der Waals surface area (Å²) in [6.45, 7) is 1.14. The minimum absolute atomic E-state index is 0.390. The smallest absolute Gasteiger partial charge is 0.293 e. The third-order valence-electron chi connectivity index (χ3n) is 2.16. The SMILES string of the molecule is NC(=O)C#Cc1ccccc1C1OCCO1. The predicted octanol–water partition coefficient (Wildman–Crippen LogP) is 0.569. The van der Waals surface area contributed by atoms with E-state index in [1.165, 1.54) is 0 Å². The van der Waals surface area contributed by atoms with Gasteiger partial charge in [-0.1, -0.05) is 24.1 Å². The first-order valence-corrected chi connectivity index (χ1v) is 4.91. The number of amides is 1. The molecule has 2 N–H and O–H groups in total. The molecule has 0 spiro atoms. The fraction of sp³-hybridized carbons (Fsp3) is 0.250. The molecule has 1 aliphatic rings. The molecule has 82 valence electrons. The molecule has 1 heterocycles. The van der Waals surface area contributed by atoms with E-state index in [0.717, 1.165) is 5.56 Å². The Morgan fingerprint density at radius 2 is 2.00 bits per heavy atom. The molecule has 0 atom stereocenters. The van der Waals surface area contributed by atoms with Crippen molar-refractivity contribution >= 4 is 5.91 Å². The average molecular weight is 217 g/mol. The molecule has 1 saturated heterocycles. The van der Waals surface area contributed by atoms with Gasteiger partial charge in [0.05, 0.1) is 13.2 Å². The van der Waals surface area contributed by atoms with Crippen LogP contribution in [0.1, 0.15) is 17.4 Å². The van der Waals surface area contributed by atoms with Gasteiger partial charge in [0.15, 0.2) is 6.29 Å². The molecule has 2 rings (SSSR count). The summed E-state index contributed by atoms with van der Waals surface area (Å²) in [5.74, 6) is 4.36. The van der Waals surface area contributed by atoms with Crippen LogP contribution in [0.25, 0.3) is 0 Å². The van der Waals surface area contributed by atoms with Gasteiger partial charge in [-0.2, -0.15) is 0 Å². The number of carbonyl (C=O) groups is 1. The van der Waals surface area contributed by atoms with Crippen molar-refractivity contribution in [1.29, 1.82) is 0 Å². The lowest BCUT2D eigenvalue weighted by Gasteiger charge is -2.10. The molecule has 16 heavy (non-hydrogen) atoms. The maximum atomic E-state index is 10.6. The van der Waals surface area contributed by atoms with Crippen LogP contribution in [0.5, 0.6) is 0 Å². The molecular formula is C12H11NO3. The van der Waals surface area contributed by atoms with Gasteiger partial charge in [-0.3, -0.25) is 4.79 Å². The number of primary amides is 1. The van der Waals surface area contributed by atoms with E-state index in [4.69, 9.17) is 15.2 Å². The molecule has 1 aromatic rings. The zero-order chi connectivity index (χ0) is 11.4. The Kier molecular flexibility index (Phi) is 3.20. The Hall–Kier alpha value is -1.83. The van der Waals surface area contributed by atoms with E-state index in [9.17, 15) is 4.79 Å². The largest absolute Gasteiger partial charge is 0.359 e. The lowest BCUT2D eigenvalue weighted by atomic mass is 10.1. The molecule has 1 amide bonds. The van der Waals surface area contributed by atoms with Gasteiger partial charge in [0.25, 0.3) is 5.91 Å². The van der Waals surface area contributed by atoms with Crippen LogP contribution in [-0.4, -0.2) is 19.1 Å². The van der Waals surface area contributed by atoms with Crippen molar-refractivity contribution in [2.24, 2.45) is 5.73 Å². The van der Waals surface area contributed by atoms with E-state index in [-0.39, 0.29) is 0 Å². The monoisotopic (exact) mass is 217 g/mol. The summed E-state index contributed by atoms with van der Waals surface area (Å²) in [5, 5.41) is 0. The zero-order valence-electron chi connectivity index (χ0n) is 8.60. The Bertz CT molecular complexity index is 453. The van der Waals surface area contributed by atoms with E-state index < -0.39 is 12.2 Å². The lowest BCUT2D eigenvalue weighted by Crippen LogP contribution is -2.07. The first kappa shape index (κ1) is 10.7. The summed E-state index contributed by atoms with van der Waals surface area (Å²) in [6, 6.07) is 7.37. The molecule has 0 saturated carbocycles. The lowest BCUT2D eigenvalue weighted by molar-refractivity contribution is -0.112. The Morgan fingerprint density at radius 1 is 1.31 bits per heavy atom. The third kappa shape index (κ3) is 2.40. The predicted molar refractivity (Wildman–Crippen MR) is 57.2 cm³/mol. The molecule has 0 unspecified atom stereocenters. The van der Waals surface area contributed by atoms with Crippen molar-refractivity contribution in [3.8, 4) is 11.8 Å². The number of hydrogen-bond acceptors (Lipinski definition) is 3. The van der Waals surface area contributed by atoms with Gasteiger partial charge in [0.1, 0.15) is 0 Å². The Morgan fingerprint density at radius 3 is 2.69 bits per heavy atom. The number of benzene rings is 1. The maximum Gasteiger partial charge on any atom is 0.293 e. The topological polar surface area (TPSA) is 61.6 Å². The summed E-state index contributed by atoms with van der Waals surface area (Å²) in [6.07, 6.45) is -0.390. The van der Waals surface area contributed by atoms with Crippen LogP contribution in [0.2, 0.25) is 0 Å². The molecular weight excluding hydrogens is 206 g/mol. The van der Waals surface area contributed by atoms with E-state index in [1.54, 1.807) is 6.07 Å². The molecule has 0 aliphatic carbocycles. The zero-order valence-corrected chi connectivity index (χ0v) is 8.60. The summed E-state index contributed by atoms with van der Waals surface area (Å²) >= 11 is 0. The molecule has 4 nitrogen and oxygen atoms in total. The summed E-state index contributed by atoms with van der Waals surface area (Å²) in [7, 11) is 0. The van der Waals surface area contributed by atoms with Crippen LogP contribution < -0.4 is 5.73 Å². The van der Waals surface area contributed by atoms with Gasteiger partial charge >= 0.3 is 0 Å². The summed E-state index contributed by atoms with van der Waals surface area (Å²) in [4.78, 5) is 10.6. The minimum Gasteiger partial charge on any atom is -0.359 e. The standard InChI is InChI=1S/C12H11NO3/c13-11(14)6-5-9-3-1-2-4-10(9)12-15-7-8-16-12/h1-4,12H,7-8H2,(H2,13,14). The highest BCUT2D eigenvalue weighted by Crippen LogP contribution is 2.25. The van der Waals surface area contributed by atoms with E-state index >= 15 is 0 Å². The van der Waals surface area contributed by atoms with Gasteiger partial charge in [-0.15, -0.1) is 0 Å². The molecule has 1 aromatic carbocycles. The van der Waals surface area contributed by atoms with Crippen molar-refractivity contribution in [3.63, 3.8) is 0 Å². The minimum atomic E-state index is -0.650. The van der Waals surface area contributed by atoms with Gasteiger partial charge in [-0.05, 0) is 12.0 Å². The van der Waals surface area contributed by atoms with E-state index in [1.807, 2.05) is 18.2 Å². The first-order valence-electron chi connectivity index (χ1n) is 4.91. The van der Waals surface area contributed by atoms with Crippen molar-refractivity contribution in [3.05, 3.63) is 35.4 Å². The van der Waals surface area contributed by atoms with Crippen LogP contribution in [-0.2, 0) is 14.3 Å². The number of hydrogen-bond donors (Lipinski definition) is 1. The second-order valence-electron chi connectivity index (χ2n) is 3.28. The highest BCUT2D eigenvalue weighted by molar-refractivity contribution is 5.92. The highest BCUT2D eigenvalue weighted by atomic mass is 16.7. The van der Waals surface area contributed by atoms with Crippen molar-refractivity contribution < 1.29 is 14.3 Å². The van der Waals surface area contributed by atoms with E-state index in [2.05, 4.69) is 11.8 Å². The molecule has 1 fully saturated rings. The quantitative estimate of drug-likeness (QED) is 0.699. The van der Waals surface area contributed by atoms with E-state index in [0.29, 0.717) is 18.8 Å². The van der Waals surface area contributed by atoms with Gasteiger partial charge < -0.3 is 15.2 Å². The number of ether oxygens (including phenoxy) is 2. The van der Waals surface area contributed by atoms with Crippen molar-refractivity contribution in [2.75, 3.05) is 13.2 Å². The summed E-state index contributed by atoms with van der Waals surface area (Å²) < 4.78 is 10.8. The summed E-state index contributed by atoms with van der Waals surface area (Å²) in [5.41, 5.74) is 6.50. The second-order valence-corrected chi connectivity index (χ2v) is 3.28. The Balaban J connectivity index is 2.31. The number of nitrogens with two attached hydrogens (primary N) is 1. The Labute approximate surface area is 93.3 Å². The normalized spacial score (nSPS) is 15.5. The fourth-order valence-corrected chi connectivity index (χ4v) is 1.48. The van der Waals surface area contributed by atoms with Crippen LogP contribution in [0.4, 0.5) is 0 Å². The highest BCUT2D eigenvalue weighted by Gasteiger charge is 2.20. The molecule has 1 aliphatic heterocycles. The van der Waals surface area contributed by atoms with Crippen LogP contribution in [0, 0.1) is 11.8 Å². The van der Waals surface area contributed by atoms with Crippen LogP contribution >= 0.6 is 0 Å². The third-order valence-corrected chi connectivity index (χ3v) is 2.16. The molecule has 0 radical (unpaired) electrons. The number of rotatable bonds is 1. The molecule has 0 bridgehead atoms. The first-order chi connectivity index (χ1) is 7.77. The fourth-order valence-electron chi connectivity index (χ4n) is 1.48. The second kappa shape index (κ2) is 4.79. The van der Waals surface area contributed by atoms with Gasteiger partial charge in [0.2, 0.25) is 0 Å². The van der Waals surface area contributed by atoms with Crippen molar-refractivity contribution in [2.45, 2.75) is 6.29 Å². The molecule has 0 aromatic heterocycles. The maximum absolute atomic E-state index is 10.6. The van der Waals surface area contributed by atoms with Crippen molar-refractivity contribution in [1.82, 2.24) is 0 Å². The molecule has 4 heteroatoms. The van der Waals surface area contributed by atoms with Crippen LogP contribution in [0.3, 0.4) is 0 Å². The number of carbonyl (C=O) groups excluding carboxylic acids is 1. The van der Waals surface area contributed by atoms with Gasteiger partial charge in [-0.25, -0.2) is 0 Å². The van der Waals surface area contributed by atoms with Crippen LogP contribution in [0.15, 0.2) is 24.3 Å². The average Bonchev–Trinajstić information content (AvgIpc) is 2.80. The van der Waals surface area contributed by atoms with Gasteiger partial charge in [0, 0.05) is 11.1 Å².